The summed E-state index contributed by atoms with van der Waals surface area (Å²) in [6.45, 7) is 3.31. The van der Waals surface area contributed by atoms with Gasteiger partial charge in [-0.25, -0.2) is 0 Å². The van der Waals surface area contributed by atoms with Crippen molar-refractivity contribution < 1.29 is 19.1 Å². The highest BCUT2D eigenvalue weighted by atomic mass is 16.6. The van der Waals surface area contributed by atoms with Gasteiger partial charge in [0.2, 0.25) is 0 Å². The van der Waals surface area contributed by atoms with Crippen molar-refractivity contribution in [2.75, 3.05) is 33.3 Å². The molecule has 0 radical (unpaired) electrons. The van der Waals surface area contributed by atoms with Gasteiger partial charge in [0.1, 0.15) is 13.2 Å². The first kappa shape index (κ1) is 15.2. The summed E-state index contributed by atoms with van der Waals surface area (Å²) >= 11 is 0. The molecule has 0 N–H and O–H groups in total. The van der Waals surface area contributed by atoms with Crippen LogP contribution in [0.2, 0.25) is 0 Å². The first-order chi connectivity index (χ1) is 9.91. The number of quaternary nitrogens is 1. The molecule has 0 aliphatic carbocycles. The molecule has 1 aliphatic rings. The Bertz CT molecular complexity index is 555. The van der Waals surface area contributed by atoms with Crippen molar-refractivity contribution in [3.8, 4) is 5.75 Å². The minimum atomic E-state index is -0.659. The van der Waals surface area contributed by atoms with E-state index >= 15 is 0 Å². The fourth-order valence-electron chi connectivity index (χ4n) is 2.58. The van der Waals surface area contributed by atoms with E-state index in [9.17, 15) is 20.2 Å². The molecule has 8 heteroatoms. The van der Waals surface area contributed by atoms with Gasteiger partial charge in [-0.1, -0.05) is 0 Å². The van der Waals surface area contributed by atoms with E-state index in [1.54, 1.807) is 0 Å². The summed E-state index contributed by atoms with van der Waals surface area (Å²) in [5, 5.41) is 21.6. The van der Waals surface area contributed by atoms with E-state index in [0.717, 1.165) is 30.2 Å². The highest BCUT2D eigenvalue weighted by Gasteiger charge is 2.27. The van der Waals surface area contributed by atoms with Crippen LogP contribution >= 0.6 is 0 Å². The molecule has 1 aromatic rings. The summed E-state index contributed by atoms with van der Waals surface area (Å²) in [4.78, 5) is 20.3. The number of likely N-dealkylation sites (tertiary alicyclic amines) is 1. The smallest absolute Gasteiger partial charge is 0.317 e. The van der Waals surface area contributed by atoms with Gasteiger partial charge in [-0.15, -0.1) is 0 Å². The number of nitrogens with zero attached hydrogens (tertiary/aromatic N) is 3. The van der Waals surface area contributed by atoms with Crippen molar-refractivity contribution in [2.24, 2.45) is 0 Å². The maximum absolute atomic E-state index is 11.0. The molecule has 0 amide bonds. The van der Waals surface area contributed by atoms with Crippen LogP contribution in [0.5, 0.6) is 5.75 Å². The zero-order valence-electron chi connectivity index (χ0n) is 11.9. The molecule has 8 nitrogen and oxygen atoms in total. The lowest BCUT2D eigenvalue weighted by atomic mass is 10.2. The van der Waals surface area contributed by atoms with Crippen LogP contribution in [0.3, 0.4) is 0 Å². The van der Waals surface area contributed by atoms with E-state index in [0.29, 0.717) is 6.61 Å². The molecule has 0 spiro atoms. The van der Waals surface area contributed by atoms with E-state index < -0.39 is 9.85 Å². The number of hydrogen-bond acceptors (Lipinski definition) is 5. The van der Waals surface area contributed by atoms with Gasteiger partial charge in [0.25, 0.3) is 5.69 Å². The van der Waals surface area contributed by atoms with Crippen molar-refractivity contribution in [2.45, 2.75) is 12.8 Å². The molecular weight excluding hydrogens is 278 g/mol. The molecule has 0 saturated carbocycles. The molecule has 1 aliphatic heterocycles. The molecule has 2 rings (SSSR count). The quantitative estimate of drug-likeness (QED) is 0.455. The summed E-state index contributed by atoms with van der Waals surface area (Å²) in [7, 11) is 2.14. The van der Waals surface area contributed by atoms with Gasteiger partial charge < -0.3 is 9.22 Å². The number of nitro groups is 2. The maximum atomic E-state index is 11.0. The average Bonchev–Trinajstić information content (AvgIpc) is 2.85. The van der Waals surface area contributed by atoms with Crippen LogP contribution in [0.1, 0.15) is 12.8 Å². The molecule has 1 aromatic carbocycles. The fraction of sp³-hybridized carbons (Fsp3) is 0.538. The SMILES string of the molecule is C[N+]1(CCOc2ccc([N+](=O)[O-])cc2[N+](=O)[O-])CCCC1. The van der Waals surface area contributed by atoms with Gasteiger partial charge in [0, 0.05) is 18.9 Å². The van der Waals surface area contributed by atoms with Crippen LogP contribution in [0, 0.1) is 20.2 Å². The summed E-state index contributed by atoms with van der Waals surface area (Å²) in [5.74, 6) is 0.0800. The third-order valence-electron chi connectivity index (χ3n) is 3.88. The molecule has 21 heavy (non-hydrogen) atoms. The maximum Gasteiger partial charge on any atom is 0.317 e. The minimum Gasteiger partial charge on any atom is -0.481 e. The van der Waals surface area contributed by atoms with E-state index in [2.05, 4.69) is 7.05 Å². The minimum absolute atomic E-state index is 0.0800. The fourth-order valence-corrected chi connectivity index (χ4v) is 2.58. The molecule has 1 fully saturated rings. The van der Waals surface area contributed by atoms with E-state index in [1.807, 2.05) is 0 Å². The van der Waals surface area contributed by atoms with Crippen LogP contribution in [0.15, 0.2) is 18.2 Å². The van der Waals surface area contributed by atoms with Crippen LogP contribution in [-0.2, 0) is 0 Å². The Balaban J connectivity index is 2.05. The van der Waals surface area contributed by atoms with Gasteiger partial charge in [-0.05, 0) is 6.07 Å². The third kappa shape index (κ3) is 3.66. The second-order valence-corrected chi connectivity index (χ2v) is 5.51. The van der Waals surface area contributed by atoms with Crippen LogP contribution in [0.4, 0.5) is 11.4 Å². The number of nitro benzene ring substituents is 2. The van der Waals surface area contributed by atoms with Crippen LogP contribution in [-0.4, -0.2) is 47.6 Å². The Morgan fingerprint density at radius 2 is 1.86 bits per heavy atom. The van der Waals surface area contributed by atoms with E-state index in [1.165, 1.54) is 25.0 Å². The topological polar surface area (TPSA) is 95.5 Å². The van der Waals surface area contributed by atoms with Crippen molar-refractivity contribution in [1.82, 2.24) is 0 Å². The lowest BCUT2D eigenvalue weighted by molar-refractivity contribution is -0.897. The van der Waals surface area contributed by atoms with Crippen molar-refractivity contribution in [3.05, 3.63) is 38.4 Å². The van der Waals surface area contributed by atoms with E-state index in [-0.39, 0.29) is 17.1 Å². The van der Waals surface area contributed by atoms with Crippen molar-refractivity contribution in [1.29, 1.82) is 0 Å². The standard InChI is InChI=1S/C13H18N3O5/c1-16(6-2-3-7-16)8-9-21-13-5-4-11(14(17)18)10-12(13)15(19)20/h4-5,10H,2-3,6-9H2,1H3/q+1. The summed E-state index contributed by atoms with van der Waals surface area (Å²) in [6, 6.07) is 3.44. The third-order valence-corrected chi connectivity index (χ3v) is 3.88. The number of rotatable bonds is 6. The van der Waals surface area contributed by atoms with Gasteiger partial charge >= 0.3 is 5.69 Å². The molecule has 0 aromatic heterocycles. The predicted molar refractivity (Wildman–Crippen MR) is 75.3 cm³/mol. The molecule has 1 heterocycles. The number of likely N-dealkylation sites (N-methyl/N-ethyl adjacent to an activating group) is 1. The zero-order chi connectivity index (χ0) is 15.5. The highest BCUT2D eigenvalue weighted by Crippen LogP contribution is 2.31. The Morgan fingerprint density at radius 3 is 2.43 bits per heavy atom. The molecular formula is C13H18N3O5+. The van der Waals surface area contributed by atoms with Crippen molar-refractivity contribution in [3.63, 3.8) is 0 Å². The average molecular weight is 296 g/mol. The number of non-ortho nitro benzene ring substituents is 1. The van der Waals surface area contributed by atoms with Gasteiger partial charge in [-0.3, -0.25) is 20.2 Å². The van der Waals surface area contributed by atoms with Gasteiger partial charge in [-0.2, -0.15) is 0 Å². The van der Waals surface area contributed by atoms with Crippen molar-refractivity contribution >= 4 is 11.4 Å². The van der Waals surface area contributed by atoms with Crippen LogP contribution < -0.4 is 4.74 Å². The number of ether oxygens (including phenoxy) is 1. The Labute approximate surface area is 121 Å². The molecule has 1 saturated heterocycles. The summed E-state index contributed by atoms with van der Waals surface area (Å²) in [5.41, 5.74) is -0.680. The summed E-state index contributed by atoms with van der Waals surface area (Å²) in [6.07, 6.45) is 2.38. The Morgan fingerprint density at radius 1 is 1.19 bits per heavy atom. The number of benzene rings is 1. The van der Waals surface area contributed by atoms with E-state index in [4.69, 9.17) is 4.74 Å². The zero-order valence-corrected chi connectivity index (χ0v) is 11.9. The number of hydrogen-bond donors (Lipinski definition) is 0. The predicted octanol–water partition coefficient (Wildman–Crippen LogP) is 2.12. The molecule has 114 valence electrons. The Kier molecular flexibility index (Phi) is 4.37. The molecule has 0 atom stereocenters. The van der Waals surface area contributed by atoms with Crippen LogP contribution in [0.25, 0.3) is 0 Å². The Hall–Kier alpha value is -2.22. The molecule has 0 bridgehead atoms. The second-order valence-electron chi connectivity index (χ2n) is 5.51. The molecule has 0 unspecified atom stereocenters. The van der Waals surface area contributed by atoms with Gasteiger partial charge in [0.15, 0.2) is 5.75 Å². The highest BCUT2D eigenvalue weighted by molar-refractivity contribution is 5.53. The monoisotopic (exact) mass is 296 g/mol. The lowest BCUT2D eigenvalue weighted by Crippen LogP contribution is -2.43. The first-order valence-electron chi connectivity index (χ1n) is 6.80. The second kappa shape index (κ2) is 6.04. The lowest BCUT2D eigenvalue weighted by Gasteiger charge is -2.28. The largest absolute Gasteiger partial charge is 0.481 e. The normalized spacial score (nSPS) is 16.6. The summed E-state index contributed by atoms with van der Waals surface area (Å²) < 4.78 is 6.38. The van der Waals surface area contributed by atoms with Gasteiger partial charge in [0.05, 0.1) is 36.1 Å². The first-order valence-corrected chi connectivity index (χ1v) is 6.80.